The number of nitrogens with zero attached hydrogens (tertiary/aromatic N) is 1. The van der Waals surface area contributed by atoms with Crippen LogP contribution in [-0.4, -0.2) is 29.3 Å². The van der Waals surface area contributed by atoms with Gasteiger partial charge in [0.05, 0.1) is 6.26 Å². The second-order valence-electron chi connectivity index (χ2n) is 6.50. The number of anilines is 1. The Balaban J connectivity index is 1.53. The summed E-state index contributed by atoms with van der Waals surface area (Å²) in [4.78, 5) is 38.4. The molecule has 1 aromatic heterocycles. The molecule has 1 atom stereocenters. The van der Waals surface area contributed by atoms with Gasteiger partial charge in [-0.25, -0.2) is 4.79 Å². The zero-order valence-corrected chi connectivity index (χ0v) is 14.6. The van der Waals surface area contributed by atoms with Gasteiger partial charge in [0.15, 0.2) is 5.54 Å². The minimum Gasteiger partial charge on any atom is -0.466 e. The van der Waals surface area contributed by atoms with E-state index in [9.17, 15) is 14.4 Å². The molecule has 1 aliphatic rings. The van der Waals surface area contributed by atoms with E-state index in [4.69, 9.17) is 4.42 Å². The maximum absolute atomic E-state index is 12.7. The summed E-state index contributed by atoms with van der Waals surface area (Å²) in [5.41, 5.74) is -0.695. The Kier molecular flexibility index (Phi) is 3.92. The number of hydrogen-bond acceptors (Lipinski definition) is 4. The fraction of sp³-hybridized carbons (Fsp3) is 0.150. The second-order valence-corrected chi connectivity index (χ2v) is 6.50. The van der Waals surface area contributed by atoms with Gasteiger partial charge in [0, 0.05) is 11.1 Å². The number of nitrogens with one attached hydrogen (secondary N) is 2. The third kappa shape index (κ3) is 2.83. The van der Waals surface area contributed by atoms with E-state index < -0.39 is 23.4 Å². The monoisotopic (exact) mass is 363 g/mol. The molecule has 2 N–H and O–H groups in total. The van der Waals surface area contributed by atoms with Gasteiger partial charge >= 0.3 is 6.03 Å². The Morgan fingerprint density at radius 1 is 1.11 bits per heavy atom. The third-order valence-electron chi connectivity index (χ3n) is 4.65. The molecule has 7 heteroatoms. The van der Waals surface area contributed by atoms with E-state index in [-0.39, 0.29) is 6.54 Å². The zero-order chi connectivity index (χ0) is 19.0. The van der Waals surface area contributed by atoms with E-state index in [1.807, 2.05) is 36.4 Å². The molecule has 136 valence electrons. The minimum atomic E-state index is -1.32. The van der Waals surface area contributed by atoms with E-state index in [1.165, 1.54) is 6.26 Å². The number of benzene rings is 2. The van der Waals surface area contributed by atoms with Crippen molar-refractivity contribution in [2.75, 3.05) is 11.9 Å². The molecule has 27 heavy (non-hydrogen) atoms. The average molecular weight is 363 g/mol. The van der Waals surface area contributed by atoms with Crippen molar-refractivity contribution in [2.45, 2.75) is 12.5 Å². The van der Waals surface area contributed by atoms with E-state index >= 15 is 0 Å². The highest BCUT2D eigenvalue weighted by atomic mass is 16.3. The first-order valence-corrected chi connectivity index (χ1v) is 8.45. The van der Waals surface area contributed by atoms with Crippen LogP contribution in [0.3, 0.4) is 0 Å². The van der Waals surface area contributed by atoms with Crippen LogP contribution in [0.25, 0.3) is 10.8 Å². The van der Waals surface area contributed by atoms with Gasteiger partial charge in [-0.15, -0.1) is 0 Å². The average Bonchev–Trinajstić information content (AvgIpc) is 3.27. The van der Waals surface area contributed by atoms with Gasteiger partial charge in [-0.2, -0.15) is 0 Å². The van der Waals surface area contributed by atoms with Gasteiger partial charge < -0.3 is 15.1 Å². The van der Waals surface area contributed by atoms with Crippen molar-refractivity contribution in [3.63, 3.8) is 0 Å². The number of fused-ring (bicyclic) bond motifs is 1. The molecule has 1 saturated heterocycles. The zero-order valence-electron chi connectivity index (χ0n) is 14.6. The van der Waals surface area contributed by atoms with Crippen LogP contribution in [-0.2, 0) is 15.1 Å². The first kappa shape index (κ1) is 16.8. The molecule has 2 heterocycles. The molecule has 0 saturated carbocycles. The Labute approximate surface area is 154 Å². The van der Waals surface area contributed by atoms with Gasteiger partial charge in [0.1, 0.15) is 12.3 Å². The Bertz CT molecular complexity index is 1040. The predicted molar refractivity (Wildman–Crippen MR) is 98.9 cm³/mol. The molecule has 3 aromatic rings. The summed E-state index contributed by atoms with van der Waals surface area (Å²) in [6.45, 7) is 1.17. The molecule has 7 nitrogen and oxygen atoms in total. The number of furan rings is 1. The maximum Gasteiger partial charge on any atom is 0.325 e. The van der Waals surface area contributed by atoms with E-state index in [0.717, 1.165) is 15.7 Å². The molecule has 0 aliphatic carbocycles. The summed E-state index contributed by atoms with van der Waals surface area (Å²) in [5, 5.41) is 7.24. The van der Waals surface area contributed by atoms with Crippen molar-refractivity contribution in [3.05, 3.63) is 66.6 Å². The van der Waals surface area contributed by atoms with Crippen LogP contribution in [0, 0.1) is 0 Å². The van der Waals surface area contributed by atoms with Crippen molar-refractivity contribution < 1.29 is 18.8 Å². The smallest absolute Gasteiger partial charge is 0.325 e. The molecule has 2 aromatic carbocycles. The van der Waals surface area contributed by atoms with E-state index in [1.54, 1.807) is 25.1 Å². The fourth-order valence-electron chi connectivity index (χ4n) is 3.24. The lowest BCUT2D eigenvalue weighted by molar-refractivity contribution is -0.134. The highest BCUT2D eigenvalue weighted by molar-refractivity contribution is 6.11. The maximum atomic E-state index is 12.7. The minimum absolute atomic E-state index is 0.317. The first-order valence-electron chi connectivity index (χ1n) is 8.45. The van der Waals surface area contributed by atoms with Crippen molar-refractivity contribution in [1.29, 1.82) is 0 Å². The number of rotatable bonds is 4. The number of hydrogen-bond donors (Lipinski definition) is 2. The largest absolute Gasteiger partial charge is 0.466 e. The standard InChI is InChI=1S/C20H17N3O4/c1-20(16-10-5-11-27-16)18(25)23(19(26)22-20)12-17(24)21-15-9-4-7-13-6-2-3-8-14(13)15/h2-11H,12H2,1H3,(H,21,24)(H,22,26)/t20-/m0/s1. The van der Waals surface area contributed by atoms with Gasteiger partial charge in [0.2, 0.25) is 5.91 Å². The number of urea groups is 1. The number of amides is 4. The molecule has 4 amide bonds. The van der Waals surface area contributed by atoms with Crippen molar-refractivity contribution in [3.8, 4) is 0 Å². The van der Waals surface area contributed by atoms with Crippen LogP contribution in [0.15, 0.2) is 65.3 Å². The Morgan fingerprint density at radius 3 is 2.67 bits per heavy atom. The van der Waals surface area contributed by atoms with Crippen molar-refractivity contribution in [2.24, 2.45) is 0 Å². The molecular formula is C20H17N3O4. The van der Waals surface area contributed by atoms with Crippen LogP contribution in [0.5, 0.6) is 0 Å². The summed E-state index contributed by atoms with van der Waals surface area (Å²) in [5.74, 6) is -0.674. The van der Waals surface area contributed by atoms with Crippen molar-refractivity contribution in [1.82, 2.24) is 10.2 Å². The third-order valence-corrected chi connectivity index (χ3v) is 4.65. The molecule has 1 fully saturated rings. The first-order chi connectivity index (χ1) is 13.0. The molecule has 0 radical (unpaired) electrons. The molecule has 0 bridgehead atoms. The summed E-state index contributed by atoms with van der Waals surface area (Å²) < 4.78 is 5.27. The second kappa shape index (κ2) is 6.28. The molecule has 1 aliphatic heterocycles. The van der Waals surface area contributed by atoms with Gasteiger partial charge in [-0.05, 0) is 30.5 Å². The highest BCUT2D eigenvalue weighted by Crippen LogP contribution is 2.29. The number of carbonyl (C=O) groups excluding carboxylic acids is 3. The summed E-state index contributed by atoms with van der Waals surface area (Å²) in [7, 11) is 0. The van der Waals surface area contributed by atoms with Crippen LogP contribution >= 0.6 is 0 Å². The van der Waals surface area contributed by atoms with E-state index in [0.29, 0.717) is 11.4 Å². The van der Waals surface area contributed by atoms with Crippen LogP contribution in [0.2, 0.25) is 0 Å². The number of imide groups is 1. The Morgan fingerprint density at radius 2 is 1.89 bits per heavy atom. The lowest BCUT2D eigenvalue weighted by atomic mass is 9.99. The lowest BCUT2D eigenvalue weighted by Gasteiger charge is -2.19. The quantitative estimate of drug-likeness (QED) is 0.697. The molecule has 0 spiro atoms. The van der Waals surface area contributed by atoms with Crippen LogP contribution in [0.1, 0.15) is 12.7 Å². The predicted octanol–water partition coefficient (Wildman–Crippen LogP) is 2.84. The summed E-state index contributed by atoms with van der Waals surface area (Å²) in [6, 6.07) is 15.8. The Hall–Kier alpha value is -3.61. The fourth-order valence-corrected chi connectivity index (χ4v) is 3.24. The lowest BCUT2D eigenvalue weighted by Crippen LogP contribution is -2.41. The van der Waals surface area contributed by atoms with E-state index in [2.05, 4.69) is 10.6 Å². The topological polar surface area (TPSA) is 91.7 Å². The van der Waals surface area contributed by atoms with Gasteiger partial charge in [-0.1, -0.05) is 36.4 Å². The highest BCUT2D eigenvalue weighted by Gasteiger charge is 2.51. The molecule has 0 unspecified atom stereocenters. The van der Waals surface area contributed by atoms with Crippen LogP contribution < -0.4 is 10.6 Å². The van der Waals surface area contributed by atoms with Crippen molar-refractivity contribution >= 4 is 34.3 Å². The SMILES string of the molecule is C[C@@]1(c2ccco2)NC(=O)N(CC(=O)Nc2cccc3ccccc23)C1=O. The number of carbonyl (C=O) groups is 3. The van der Waals surface area contributed by atoms with Crippen LogP contribution in [0.4, 0.5) is 10.5 Å². The van der Waals surface area contributed by atoms with Gasteiger partial charge in [0.25, 0.3) is 5.91 Å². The summed E-state index contributed by atoms with van der Waals surface area (Å²) in [6.07, 6.45) is 1.43. The molecule has 4 rings (SSSR count). The molecular weight excluding hydrogens is 346 g/mol. The normalized spacial score (nSPS) is 19.4. The van der Waals surface area contributed by atoms with Gasteiger partial charge in [-0.3, -0.25) is 14.5 Å². The summed E-state index contributed by atoms with van der Waals surface area (Å²) >= 11 is 0.